The van der Waals surface area contributed by atoms with Crippen LogP contribution in [0.2, 0.25) is 5.02 Å². The molecule has 1 aromatic rings. The number of rotatable bonds is 6. The third-order valence-corrected chi connectivity index (χ3v) is 2.78. The molecule has 17 heavy (non-hydrogen) atoms. The average Bonchev–Trinajstić information content (AvgIpc) is 2.35. The van der Waals surface area contributed by atoms with Gasteiger partial charge >= 0.3 is 0 Å². The number of nitrogens with zero attached hydrogens (tertiary/aromatic N) is 2. The van der Waals surface area contributed by atoms with Crippen molar-refractivity contribution in [3.8, 4) is 12.3 Å². The van der Waals surface area contributed by atoms with Gasteiger partial charge in [-0.05, 0) is 25.6 Å². The van der Waals surface area contributed by atoms with E-state index in [0.29, 0.717) is 18.1 Å². The number of nitrogens with one attached hydrogen (secondary N) is 1. The van der Waals surface area contributed by atoms with Crippen LogP contribution in [0.5, 0.6) is 0 Å². The molecule has 0 aliphatic carbocycles. The Kier molecular flexibility index (Phi) is 5.82. The fraction of sp³-hybridized carbons (Fsp3) is 0.462. The van der Waals surface area contributed by atoms with Crippen LogP contribution in [0, 0.1) is 12.3 Å². The van der Waals surface area contributed by atoms with Crippen molar-refractivity contribution < 1.29 is 0 Å². The van der Waals surface area contributed by atoms with Crippen LogP contribution in [0.25, 0.3) is 0 Å². The van der Waals surface area contributed by atoms with E-state index in [1.807, 2.05) is 17.0 Å². The number of anilines is 1. The summed E-state index contributed by atoms with van der Waals surface area (Å²) in [5, 5.41) is 3.90. The summed E-state index contributed by atoms with van der Waals surface area (Å²) in [6.45, 7) is 7.07. The molecular weight excluding hydrogens is 234 g/mol. The Balaban J connectivity index is 2.90. The zero-order valence-electron chi connectivity index (χ0n) is 10.3. The summed E-state index contributed by atoms with van der Waals surface area (Å²) in [5.41, 5.74) is 0.862. The fourth-order valence-corrected chi connectivity index (χ4v) is 1.65. The first-order valence-corrected chi connectivity index (χ1v) is 6.15. The number of hydrogen-bond donors (Lipinski definition) is 1. The lowest BCUT2D eigenvalue weighted by Crippen LogP contribution is -2.24. The van der Waals surface area contributed by atoms with Crippen molar-refractivity contribution >= 4 is 17.4 Å². The van der Waals surface area contributed by atoms with E-state index in [-0.39, 0.29) is 0 Å². The van der Waals surface area contributed by atoms with Crippen molar-refractivity contribution in [3.63, 3.8) is 0 Å². The van der Waals surface area contributed by atoms with E-state index >= 15 is 0 Å². The second kappa shape index (κ2) is 7.16. The van der Waals surface area contributed by atoms with Gasteiger partial charge in [0, 0.05) is 13.1 Å². The van der Waals surface area contributed by atoms with Crippen LogP contribution < -0.4 is 10.2 Å². The first kappa shape index (κ1) is 13.8. The first-order chi connectivity index (χ1) is 8.22. The van der Waals surface area contributed by atoms with E-state index in [2.05, 4.69) is 30.1 Å². The Hall–Kier alpha value is -1.24. The van der Waals surface area contributed by atoms with E-state index in [1.165, 1.54) is 0 Å². The van der Waals surface area contributed by atoms with Crippen LogP contribution in [-0.2, 0) is 6.54 Å². The topological polar surface area (TPSA) is 28.2 Å². The highest BCUT2D eigenvalue weighted by Crippen LogP contribution is 2.19. The summed E-state index contributed by atoms with van der Waals surface area (Å²) in [7, 11) is 0. The summed E-state index contributed by atoms with van der Waals surface area (Å²) in [6, 6.07) is 3.77. The van der Waals surface area contributed by atoms with E-state index in [0.717, 1.165) is 24.6 Å². The highest BCUT2D eigenvalue weighted by atomic mass is 35.5. The molecule has 4 heteroatoms. The van der Waals surface area contributed by atoms with Gasteiger partial charge in [-0.3, -0.25) is 0 Å². The second-order valence-electron chi connectivity index (χ2n) is 3.60. The number of halogens is 1. The molecule has 1 heterocycles. The van der Waals surface area contributed by atoms with Gasteiger partial charge in [-0.25, -0.2) is 4.98 Å². The second-order valence-corrected chi connectivity index (χ2v) is 4.00. The van der Waals surface area contributed by atoms with Crippen LogP contribution >= 0.6 is 11.6 Å². The van der Waals surface area contributed by atoms with Crippen molar-refractivity contribution in [1.29, 1.82) is 0 Å². The van der Waals surface area contributed by atoms with Gasteiger partial charge in [0.2, 0.25) is 0 Å². The number of pyridine rings is 1. The van der Waals surface area contributed by atoms with E-state index in [1.54, 1.807) is 0 Å². The van der Waals surface area contributed by atoms with Crippen molar-refractivity contribution in [2.45, 2.75) is 20.4 Å². The molecule has 0 radical (unpaired) electrons. The van der Waals surface area contributed by atoms with E-state index in [4.69, 9.17) is 18.0 Å². The molecule has 0 unspecified atom stereocenters. The van der Waals surface area contributed by atoms with Crippen LogP contribution in [0.4, 0.5) is 5.82 Å². The summed E-state index contributed by atoms with van der Waals surface area (Å²) < 4.78 is 0. The largest absolute Gasteiger partial charge is 0.346 e. The molecular formula is C13H18ClN3. The van der Waals surface area contributed by atoms with Gasteiger partial charge in [-0.15, -0.1) is 6.42 Å². The fourth-order valence-electron chi connectivity index (χ4n) is 1.48. The Morgan fingerprint density at radius 2 is 2.24 bits per heavy atom. The average molecular weight is 252 g/mol. The zero-order chi connectivity index (χ0) is 12.7. The molecule has 0 aromatic carbocycles. The van der Waals surface area contributed by atoms with Gasteiger partial charge in [-0.2, -0.15) is 0 Å². The van der Waals surface area contributed by atoms with Crippen LogP contribution in [0.15, 0.2) is 12.1 Å². The molecule has 1 N–H and O–H groups in total. The smallest absolute Gasteiger partial charge is 0.129 e. The minimum atomic E-state index is 0.561. The third kappa shape index (κ3) is 3.92. The molecule has 0 aliphatic heterocycles. The minimum absolute atomic E-state index is 0.561. The quantitative estimate of drug-likeness (QED) is 0.787. The Labute approximate surface area is 108 Å². The molecule has 0 fully saturated rings. The van der Waals surface area contributed by atoms with Gasteiger partial charge in [0.15, 0.2) is 0 Å². The minimum Gasteiger partial charge on any atom is -0.346 e. The maximum absolute atomic E-state index is 6.10. The number of hydrogen-bond acceptors (Lipinski definition) is 3. The first-order valence-electron chi connectivity index (χ1n) is 5.77. The van der Waals surface area contributed by atoms with Crippen molar-refractivity contribution in [1.82, 2.24) is 10.3 Å². The lowest BCUT2D eigenvalue weighted by atomic mass is 10.3. The molecule has 92 valence electrons. The lowest BCUT2D eigenvalue weighted by Gasteiger charge is -2.20. The predicted molar refractivity (Wildman–Crippen MR) is 73.3 cm³/mol. The Morgan fingerprint density at radius 3 is 2.82 bits per heavy atom. The van der Waals surface area contributed by atoms with Crippen LogP contribution in [0.3, 0.4) is 0 Å². The molecule has 0 saturated carbocycles. The summed E-state index contributed by atoms with van der Waals surface area (Å²) >= 11 is 6.10. The molecule has 0 bridgehead atoms. The SMILES string of the molecule is C#CCN(CC)c1ccc(Cl)c(CNCC)n1. The van der Waals surface area contributed by atoms with Gasteiger partial charge in [-0.1, -0.05) is 24.4 Å². The van der Waals surface area contributed by atoms with Gasteiger partial charge < -0.3 is 10.2 Å². The van der Waals surface area contributed by atoms with Gasteiger partial charge in [0.25, 0.3) is 0 Å². The molecule has 0 atom stereocenters. The van der Waals surface area contributed by atoms with Crippen molar-refractivity contribution in [3.05, 3.63) is 22.8 Å². The zero-order valence-corrected chi connectivity index (χ0v) is 11.1. The number of aromatic nitrogens is 1. The normalized spacial score (nSPS) is 10.0. The Bertz CT molecular complexity index is 398. The summed E-state index contributed by atoms with van der Waals surface area (Å²) in [5.74, 6) is 3.51. The standard InChI is InChI=1S/C13H18ClN3/c1-4-9-17(6-3)13-8-7-11(14)12(16-13)10-15-5-2/h1,7-8,15H,5-6,9-10H2,2-3H3. The molecule has 0 spiro atoms. The van der Waals surface area contributed by atoms with E-state index in [9.17, 15) is 0 Å². The van der Waals surface area contributed by atoms with Gasteiger partial charge in [0.05, 0.1) is 17.3 Å². The molecule has 0 amide bonds. The molecule has 1 rings (SSSR count). The lowest BCUT2D eigenvalue weighted by molar-refractivity contribution is 0.708. The van der Waals surface area contributed by atoms with Crippen molar-refractivity contribution in [2.24, 2.45) is 0 Å². The molecule has 1 aromatic heterocycles. The van der Waals surface area contributed by atoms with Crippen LogP contribution in [0.1, 0.15) is 19.5 Å². The summed E-state index contributed by atoms with van der Waals surface area (Å²) in [6.07, 6.45) is 5.33. The Morgan fingerprint density at radius 1 is 1.47 bits per heavy atom. The highest BCUT2D eigenvalue weighted by molar-refractivity contribution is 6.31. The monoisotopic (exact) mass is 251 g/mol. The summed E-state index contributed by atoms with van der Waals surface area (Å²) in [4.78, 5) is 6.57. The highest BCUT2D eigenvalue weighted by Gasteiger charge is 2.08. The molecule has 3 nitrogen and oxygen atoms in total. The van der Waals surface area contributed by atoms with Crippen molar-refractivity contribution in [2.75, 3.05) is 24.5 Å². The number of terminal acetylenes is 1. The predicted octanol–water partition coefficient (Wildman–Crippen LogP) is 2.30. The van der Waals surface area contributed by atoms with Crippen LogP contribution in [-0.4, -0.2) is 24.6 Å². The molecule has 0 saturated heterocycles. The maximum Gasteiger partial charge on any atom is 0.129 e. The van der Waals surface area contributed by atoms with Gasteiger partial charge in [0.1, 0.15) is 5.82 Å². The van der Waals surface area contributed by atoms with E-state index < -0.39 is 0 Å². The third-order valence-electron chi connectivity index (χ3n) is 2.43. The molecule has 0 aliphatic rings. The maximum atomic E-state index is 6.10.